The molecule has 1 aliphatic rings. The van der Waals surface area contributed by atoms with Crippen LogP contribution >= 0.6 is 0 Å². The van der Waals surface area contributed by atoms with Crippen molar-refractivity contribution in [3.63, 3.8) is 0 Å². The Morgan fingerprint density at radius 3 is 2.50 bits per heavy atom. The summed E-state index contributed by atoms with van der Waals surface area (Å²) in [4.78, 5) is 0.349. The monoisotopic (exact) mass is 296 g/mol. The third-order valence-corrected chi connectivity index (χ3v) is 6.22. The fourth-order valence-corrected chi connectivity index (χ4v) is 4.29. The molecule has 1 aromatic carbocycles. The molecule has 1 fully saturated rings. The van der Waals surface area contributed by atoms with Gasteiger partial charge in [-0.15, -0.1) is 0 Å². The van der Waals surface area contributed by atoms with Crippen LogP contribution in [0.15, 0.2) is 29.2 Å². The lowest BCUT2D eigenvalue weighted by Gasteiger charge is -2.32. The lowest BCUT2D eigenvalue weighted by molar-refractivity contribution is 0.246. The van der Waals surface area contributed by atoms with Gasteiger partial charge in [0.05, 0.1) is 4.90 Å². The molecule has 5 heteroatoms. The molecule has 1 aliphatic carbocycles. The molecule has 0 unspecified atom stereocenters. The molecule has 0 heterocycles. The summed E-state index contributed by atoms with van der Waals surface area (Å²) in [5, 5.41) is 0. The summed E-state index contributed by atoms with van der Waals surface area (Å²) in [5.74, 6) is 0.711. The predicted molar refractivity (Wildman–Crippen MR) is 80.7 cm³/mol. The Balaban J connectivity index is 2.20. The molecule has 2 rings (SSSR count). The molecule has 0 aromatic heterocycles. The Kier molecular flexibility index (Phi) is 4.83. The lowest BCUT2D eigenvalue weighted by atomic mass is 9.87. The molecular weight excluding hydrogens is 272 g/mol. The average molecular weight is 296 g/mol. The third kappa shape index (κ3) is 3.22. The zero-order valence-electron chi connectivity index (χ0n) is 12.2. The number of hydrogen-bond acceptors (Lipinski definition) is 3. The third-order valence-electron chi connectivity index (χ3n) is 4.31. The van der Waals surface area contributed by atoms with Crippen LogP contribution < -0.4 is 5.73 Å². The van der Waals surface area contributed by atoms with E-state index in [4.69, 9.17) is 5.73 Å². The van der Waals surface area contributed by atoms with Crippen molar-refractivity contribution in [3.05, 3.63) is 29.8 Å². The minimum absolute atomic E-state index is 0.123. The van der Waals surface area contributed by atoms with Gasteiger partial charge in [-0.2, -0.15) is 4.31 Å². The van der Waals surface area contributed by atoms with Crippen LogP contribution in [0.3, 0.4) is 0 Å². The summed E-state index contributed by atoms with van der Waals surface area (Å²) in [6.07, 6.45) is 4.11. The van der Waals surface area contributed by atoms with E-state index in [0.717, 1.165) is 31.2 Å². The molecule has 0 atom stereocenters. The van der Waals surface area contributed by atoms with Crippen LogP contribution in [0, 0.1) is 5.92 Å². The van der Waals surface area contributed by atoms with Gasteiger partial charge in [0.25, 0.3) is 0 Å². The van der Waals surface area contributed by atoms with Gasteiger partial charge in [0.2, 0.25) is 10.0 Å². The normalized spacial score (nSPS) is 24.0. The summed E-state index contributed by atoms with van der Waals surface area (Å²) < 4.78 is 26.9. The minimum Gasteiger partial charge on any atom is -0.326 e. The lowest BCUT2D eigenvalue weighted by Crippen LogP contribution is -2.39. The van der Waals surface area contributed by atoms with Crippen molar-refractivity contribution in [1.82, 2.24) is 4.31 Å². The van der Waals surface area contributed by atoms with E-state index >= 15 is 0 Å². The highest BCUT2D eigenvalue weighted by molar-refractivity contribution is 7.89. The summed E-state index contributed by atoms with van der Waals surface area (Å²) >= 11 is 0. The van der Waals surface area contributed by atoms with Crippen molar-refractivity contribution in [2.24, 2.45) is 11.7 Å². The Morgan fingerprint density at radius 2 is 1.90 bits per heavy atom. The molecule has 0 bridgehead atoms. The highest BCUT2D eigenvalue weighted by atomic mass is 32.2. The predicted octanol–water partition coefficient (Wildman–Crippen LogP) is 2.34. The van der Waals surface area contributed by atoms with Crippen LogP contribution in [0.2, 0.25) is 0 Å². The van der Waals surface area contributed by atoms with E-state index < -0.39 is 10.0 Å². The molecule has 2 N–H and O–H groups in total. The van der Waals surface area contributed by atoms with Crippen LogP contribution in [-0.2, 0) is 16.6 Å². The number of sulfonamides is 1. The standard InChI is InChI=1S/C15H24N2O2S/c1-12-6-8-14(9-7-12)17(2)20(18,19)15-5-3-4-13(10-15)11-16/h3-5,10,12,14H,6-9,11,16H2,1-2H3. The number of nitrogens with two attached hydrogens (primary N) is 1. The number of nitrogens with zero attached hydrogens (tertiary/aromatic N) is 1. The van der Waals surface area contributed by atoms with Gasteiger partial charge in [0.1, 0.15) is 0 Å². The van der Waals surface area contributed by atoms with Crippen LogP contribution in [0.1, 0.15) is 38.2 Å². The molecule has 0 amide bonds. The molecule has 1 aromatic rings. The molecular formula is C15H24N2O2S. The molecule has 112 valence electrons. The Labute approximate surface area is 122 Å². The van der Waals surface area contributed by atoms with Crippen LogP contribution in [0.4, 0.5) is 0 Å². The maximum absolute atomic E-state index is 12.7. The van der Waals surface area contributed by atoms with Gasteiger partial charge in [-0.25, -0.2) is 8.42 Å². The molecule has 0 aliphatic heterocycles. The van der Waals surface area contributed by atoms with Gasteiger partial charge in [0, 0.05) is 19.6 Å². The number of rotatable bonds is 4. The van der Waals surface area contributed by atoms with E-state index in [2.05, 4.69) is 6.92 Å². The van der Waals surface area contributed by atoms with E-state index in [-0.39, 0.29) is 6.04 Å². The van der Waals surface area contributed by atoms with Crippen molar-refractivity contribution in [1.29, 1.82) is 0 Å². The SMILES string of the molecule is CC1CCC(N(C)S(=O)(=O)c2cccc(CN)c2)CC1. The van der Waals surface area contributed by atoms with Gasteiger partial charge in [-0.3, -0.25) is 0 Å². The number of benzene rings is 1. The van der Waals surface area contributed by atoms with Crippen LogP contribution in [0.5, 0.6) is 0 Å². The molecule has 0 radical (unpaired) electrons. The minimum atomic E-state index is -3.41. The molecule has 1 saturated carbocycles. The maximum atomic E-state index is 12.7. The summed E-state index contributed by atoms with van der Waals surface area (Å²) in [6, 6.07) is 7.05. The van der Waals surface area contributed by atoms with Crippen LogP contribution in [0.25, 0.3) is 0 Å². The average Bonchev–Trinajstić information content (AvgIpc) is 2.47. The topological polar surface area (TPSA) is 63.4 Å². The first-order valence-electron chi connectivity index (χ1n) is 7.22. The van der Waals surface area contributed by atoms with Gasteiger partial charge >= 0.3 is 0 Å². The largest absolute Gasteiger partial charge is 0.326 e. The van der Waals surface area contributed by atoms with E-state index in [0.29, 0.717) is 17.4 Å². The first kappa shape index (κ1) is 15.5. The van der Waals surface area contributed by atoms with E-state index in [1.807, 2.05) is 6.07 Å². The second-order valence-electron chi connectivity index (χ2n) is 5.79. The van der Waals surface area contributed by atoms with Crippen molar-refractivity contribution in [3.8, 4) is 0 Å². The second-order valence-corrected chi connectivity index (χ2v) is 7.78. The van der Waals surface area contributed by atoms with Gasteiger partial charge in [-0.05, 0) is 49.3 Å². The Morgan fingerprint density at radius 1 is 1.25 bits per heavy atom. The van der Waals surface area contributed by atoms with Crippen LogP contribution in [-0.4, -0.2) is 25.8 Å². The fourth-order valence-electron chi connectivity index (χ4n) is 2.80. The highest BCUT2D eigenvalue weighted by Crippen LogP contribution is 2.29. The van der Waals surface area contributed by atoms with E-state index in [1.165, 1.54) is 0 Å². The number of hydrogen-bond donors (Lipinski definition) is 1. The summed E-state index contributed by atoms with van der Waals surface area (Å²) in [7, 11) is -1.71. The second kappa shape index (κ2) is 6.24. The Hall–Kier alpha value is -0.910. The van der Waals surface area contributed by atoms with Crippen molar-refractivity contribution < 1.29 is 8.42 Å². The molecule has 0 spiro atoms. The highest BCUT2D eigenvalue weighted by Gasteiger charge is 2.30. The van der Waals surface area contributed by atoms with Gasteiger partial charge < -0.3 is 5.73 Å². The van der Waals surface area contributed by atoms with Gasteiger partial charge in [-0.1, -0.05) is 19.1 Å². The molecule has 0 saturated heterocycles. The van der Waals surface area contributed by atoms with Crippen molar-refractivity contribution in [2.45, 2.75) is 50.1 Å². The van der Waals surface area contributed by atoms with Gasteiger partial charge in [0.15, 0.2) is 0 Å². The van der Waals surface area contributed by atoms with Crippen molar-refractivity contribution in [2.75, 3.05) is 7.05 Å². The van der Waals surface area contributed by atoms with E-state index in [1.54, 1.807) is 29.6 Å². The fraction of sp³-hybridized carbons (Fsp3) is 0.600. The zero-order valence-corrected chi connectivity index (χ0v) is 13.1. The van der Waals surface area contributed by atoms with E-state index in [9.17, 15) is 8.42 Å². The van der Waals surface area contributed by atoms with Crippen molar-refractivity contribution >= 4 is 10.0 Å². The Bertz CT molecular complexity index is 549. The quantitative estimate of drug-likeness (QED) is 0.927. The molecule has 20 heavy (non-hydrogen) atoms. The molecule has 4 nitrogen and oxygen atoms in total. The first-order chi connectivity index (χ1) is 9.45. The smallest absolute Gasteiger partial charge is 0.243 e. The maximum Gasteiger partial charge on any atom is 0.243 e. The summed E-state index contributed by atoms with van der Waals surface area (Å²) in [6.45, 7) is 2.59. The zero-order chi connectivity index (χ0) is 14.8. The summed E-state index contributed by atoms with van der Waals surface area (Å²) in [5.41, 5.74) is 6.43. The first-order valence-corrected chi connectivity index (χ1v) is 8.66.